The summed E-state index contributed by atoms with van der Waals surface area (Å²) in [6.45, 7) is 6.41. The van der Waals surface area contributed by atoms with E-state index in [1.807, 2.05) is 5.51 Å². The molecule has 0 spiro atoms. The van der Waals surface area contributed by atoms with Gasteiger partial charge in [-0.25, -0.2) is 0 Å². The third-order valence-corrected chi connectivity index (χ3v) is 1.62. The van der Waals surface area contributed by atoms with Crippen molar-refractivity contribution in [3.8, 4) is 0 Å². The smallest absolute Gasteiger partial charge is 0 e. The normalized spacial score (nSPS) is 10.7. The summed E-state index contributed by atoms with van der Waals surface area (Å²) in [6, 6.07) is 0. The maximum atomic E-state index is 4.15. The maximum Gasteiger partial charge on any atom is 0 e. The first-order valence-corrected chi connectivity index (χ1v) is 3.80. The third-order valence-electron chi connectivity index (χ3n) is 1.10. The van der Waals surface area contributed by atoms with E-state index >= 15 is 0 Å². The number of aromatic nitrogens is 1. The van der Waals surface area contributed by atoms with Gasteiger partial charge in [0.15, 0.2) is 0 Å². The molecule has 1 heterocycles. The van der Waals surface area contributed by atoms with E-state index in [-0.39, 0.29) is 25.8 Å². The van der Waals surface area contributed by atoms with E-state index in [4.69, 9.17) is 0 Å². The summed E-state index contributed by atoms with van der Waals surface area (Å²) in [4.78, 5) is 4.15. The van der Waals surface area contributed by atoms with E-state index in [0.29, 0.717) is 0 Å². The van der Waals surface area contributed by atoms with Crippen molar-refractivity contribution in [2.75, 3.05) is 0 Å². The number of hydrogen-bond donors (Lipinski definition) is 0. The summed E-state index contributed by atoms with van der Waals surface area (Å²) in [5.41, 5.74) is 3.05. The second-order valence-corrected chi connectivity index (χ2v) is 3.70. The third kappa shape index (κ3) is 2.50. The Hall–Kier alpha value is 0.292. The number of rotatable bonds is 0. The van der Waals surface area contributed by atoms with Crippen LogP contribution in [0.4, 0.5) is 0 Å². The largest absolute Gasteiger partial charge is 0.364 e. The van der Waals surface area contributed by atoms with Crippen LogP contribution in [0.25, 0.3) is 0 Å². The predicted octanol–water partition coefficient (Wildman–Crippen LogP) is 2.24. The molecule has 0 fully saturated rings. The van der Waals surface area contributed by atoms with Gasteiger partial charge in [0.1, 0.15) is 0 Å². The van der Waals surface area contributed by atoms with Crippen molar-refractivity contribution in [3.63, 3.8) is 0 Å². The van der Waals surface area contributed by atoms with Crippen LogP contribution in [-0.2, 0) is 25.8 Å². The molecule has 0 saturated carbocycles. The minimum atomic E-state index is 0. The second-order valence-electron chi connectivity index (χ2n) is 3.05. The molecule has 1 radical (unpaired) electrons. The standard InChI is InChI=1S/C7H10NS.Re/c1-7(2,3)6-4-9-5-8-6;/h5H,1-3H3;/q-1;. The Labute approximate surface area is 79.5 Å². The molecular formula is C7H10NReS-. The van der Waals surface area contributed by atoms with Gasteiger partial charge in [-0.15, -0.1) is 0 Å². The molecule has 0 unspecified atom stereocenters. The van der Waals surface area contributed by atoms with Gasteiger partial charge in [0, 0.05) is 20.4 Å². The number of nitrogens with zero attached hydrogens (tertiary/aromatic N) is 1. The van der Waals surface area contributed by atoms with Crippen molar-refractivity contribution in [1.82, 2.24) is 4.98 Å². The summed E-state index contributed by atoms with van der Waals surface area (Å²) in [5, 5.41) is 3.11. The predicted molar refractivity (Wildman–Crippen MR) is 39.7 cm³/mol. The number of hydrogen-bond acceptors (Lipinski definition) is 2. The Morgan fingerprint density at radius 3 is 2.30 bits per heavy atom. The van der Waals surface area contributed by atoms with Crippen molar-refractivity contribution in [1.29, 1.82) is 0 Å². The molecule has 0 amide bonds. The fraction of sp³-hybridized carbons (Fsp3) is 0.571. The summed E-state index contributed by atoms with van der Waals surface area (Å²) in [7, 11) is 0. The molecule has 0 N–H and O–H groups in total. The van der Waals surface area contributed by atoms with E-state index in [1.165, 1.54) is 11.3 Å². The van der Waals surface area contributed by atoms with Gasteiger partial charge in [-0.1, -0.05) is 32.0 Å². The molecule has 1 aromatic rings. The molecule has 57 valence electrons. The van der Waals surface area contributed by atoms with E-state index in [9.17, 15) is 0 Å². The fourth-order valence-electron chi connectivity index (χ4n) is 0.534. The van der Waals surface area contributed by atoms with Crippen LogP contribution in [0.5, 0.6) is 0 Å². The molecule has 1 nitrogen and oxygen atoms in total. The van der Waals surface area contributed by atoms with Crippen molar-refractivity contribution >= 4 is 11.3 Å². The molecule has 3 heteroatoms. The zero-order chi connectivity index (χ0) is 6.91. The molecule has 0 aliphatic heterocycles. The summed E-state index contributed by atoms with van der Waals surface area (Å²) in [5.74, 6) is 0. The number of thiazole rings is 1. The second kappa shape index (κ2) is 3.62. The fourth-order valence-corrected chi connectivity index (χ4v) is 1.22. The quantitative estimate of drug-likeness (QED) is 0.666. The molecule has 1 rings (SSSR count). The van der Waals surface area contributed by atoms with Gasteiger partial charge < -0.3 is 16.3 Å². The zero-order valence-corrected chi connectivity index (χ0v) is 9.84. The Bertz CT molecular complexity index is 176. The minimum Gasteiger partial charge on any atom is -0.364 e. The first-order valence-electron chi connectivity index (χ1n) is 2.92. The molecule has 0 aliphatic carbocycles. The van der Waals surface area contributed by atoms with Crippen molar-refractivity contribution in [2.24, 2.45) is 0 Å². The molecule has 1 aromatic heterocycles. The minimum absolute atomic E-state index is 0. The van der Waals surface area contributed by atoms with Gasteiger partial charge in [0.25, 0.3) is 0 Å². The molecular weight excluding hydrogens is 316 g/mol. The van der Waals surface area contributed by atoms with Gasteiger partial charge in [0.05, 0.1) is 0 Å². The van der Waals surface area contributed by atoms with Crippen LogP contribution >= 0.6 is 11.3 Å². The van der Waals surface area contributed by atoms with E-state index in [1.54, 1.807) is 0 Å². The average Bonchev–Trinajstić information content (AvgIpc) is 2.08. The maximum absolute atomic E-state index is 4.15. The molecule has 10 heavy (non-hydrogen) atoms. The van der Waals surface area contributed by atoms with Crippen LogP contribution in [0.3, 0.4) is 0 Å². The molecule has 0 bridgehead atoms. The van der Waals surface area contributed by atoms with Crippen LogP contribution < -0.4 is 0 Å². The van der Waals surface area contributed by atoms with Gasteiger partial charge in [0.2, 0.25) is 0 Å². The van der Waals surface area contributed by atoms with Crippen LogP contribution in [0.2, 0.25) is 0 Å². The van der Waals surface area contributed by atoms with Gasteiger partial charge >= 0.3 is 0 Å². The molecule has 0 aliphatic rings. The van der Waals surface area contributed by atoms with Gasteiger partial charge in [-0.05, 0) is 5.41 Å². The first-order chi connectivity index (χ1) is 4.11. The molecule has 0 atom stereocenters. The summed E-state index contributed by atoms with van der Waals surface area (Å²) >= 11 is 1.53. The van der Waals surface area contributed by atoms with Gasteiger partial charge in [-0.2, -0.15) is 5.38 Å². The van der Waals surface area contributed by atoms with Crippen molar-refractivity contribution in [3.05, 3.63) is 16.6 Å². The zero-order valence-electron chi connectivity index (χ0n) is 6.31. The van der Waals surface area contributed by atoms with E-state index < -0.39 is 0 Å². The van der Waals surface area contributed by atoms with Gasteiger partial charge in [-0.3, -0.25) is 0 Å². The van der Waals surface area contributed by atoms with Crippen LogP contribution in [0.15, 0.2) is 5.51 Å². The molecule has 0 saturated heterocycles. The first kappa shape index (κ1) is 10.3. The van der Waals surface area contributed by atoms with Crippen molar-refractivity contribution in [2.45, 2.75) is 26.2 Å². The topological polar surface area (TPSA) is 12.9 Å². The van der Waals surface area contributed by atoms with Crippen molar-refractivity contribution < 1.29 is 20.4 Å². The Morgan fingerprint density at radius 2 is 2.10 bits per heavy atom. The van der Waals surface area contributed by atoms with Crippen LogP contribution in [-0.4, -0.2) is 4.98 Å². The molecule has 0 aromatic carbocycles. The van der Waals surface area contributed by atoms with Crippen LogP contribution in [0.1, 0.15) is 26.5 Å². The summed E-state index contributed by atoms with van der Waals surface area (Å²) in [6.07, 6.45) is 0. The average molecular weight is 326 g/mol. The van der Waals surface area contributed by atoms with Crippen LogP contribution in [0, 0.1) is 5.38 Å². The SMILES string of the molecule is CC(C)(C)c1[c-]scn1.[Re]. The Balaban J connectivity index is 0.000000810. The van der Waals surface area contributed by atoms with E-state index in [2.05, 4.69) is 31.1 Å². The Morgan fingerprint density at radius 1 is 1.50 bits per heavy atom. The monoisotopic (exact) mass is 327 g/mol. The Kier molecular flexibility index (Phi) is 3.72. The van der Waals surface area contributed by atoms with E-state index in [0.717, 1.165) is 5.69 Å². The summed E-state index contributed by atoms with van der Waals surface area (Å²) < 4.78 is 0.